The van der Waals surface area contributed by atoms with E-state index in [1.807, 2.05) is 0 Å². The van der Waals surface area contributed by atoms with Crippen LogP contribution in [0.4, 0.5) is 5.00 Å². The van der Waals surface area contributed by atoms with Gasteiger partial charge in [-0.05, 0) is 37.1 Å². The van der Waals surface area contributed by atoms with E-state index in [0.29, 0.717) is 40.7 Å². The van der Waals surface area contributed by atoms with E-state index < -0.39 is 11.9 Å². The number of fused-ring (bicyclic) bond motifs is 1. The van der Waals surface area contributed by atoms with Crippen LogP contribution in [0.5, 0.6) is 0 Å². The molecular weight excluding hydrogens is 468 g/mol. The minimum absolute atomic E-state index is 0.0248. The van der Waals surface area contributed by atoms with E-state index in [4.69, 9.17) is 16.3 Å². The van der Waals surface area contributed by atoms with Crippen LogP contribution in [0.3, 0.4) is 0 Å². The van der Waals surface area contributed by atoms with Crippen LogP contribution in [-0.2, 0) is 22.5 Å². The molecule has 0 fully saturated rings. The number of halogens is 2. The number of amides is 2. The van der Waals surface area contributed by atoms with Crippen LogP contribution in [0.1, 0.15) is 45.0 Å². The van der Waals surface area contributed by atoms with E-state index in [2.05, 4.69) is 21.2 Å². The molecule has 1 aromatic carbocycles. The first kappa shape index (κ1) is 20.8. The number of esters is 1. The summed E-state index contributed by atoms with van der Waals surface area (Å²) in [6.45, 7) is 4.41. The third kappa shape index (κ3) is 4.24. The molecule has 0 bridgehead atoms. The highest BCUT2D eigenvalue weighted by Crippen LogP contribution is 2.38. The standard InChI is InChI=1S/C19H18BrClN2O4S/c1-3-27-19(26)16-12-6-7-23(10(2)24)9-15(12)28-18(16)22-17(25)13-8-11(20)4-5-14(13)21/h4-5,8H,3,6-7,9H2,1-2H3,(H,22,25). The number of benzene rings is 1. The van der Waals surface area contributed by atoms with Crippen molar-refractivity contribution >= 4 is 61.7 Å². The molecule has 0 unspecified atom stereocenters. The number of hydrogen-bond donors (Lipinski definition) is 1. The summed E-state index contributed by atoms with van der Waals surface area (Å²) in [7, 11) is 0. The second kappa shape index (κ2) is 8.63. The largest absolute Gasteiger partial charge is 0.462 e. The molecule has 3 rings (SSSR count). The van der Waals surface area contributed by atoms with Crippen molar-refractivity contribution in [3.63, 3.8) is 0 Å². The first-order valence-corrected chi connectivity index (χ1v) is 10.6. The monoisotopic (exact) mass is 484 g/mol. The van der Waals surface area contributed by atoms with Crippen molar-refractivity contribution in [2.45, 2.75) is 26.8 Å². The Labute approximate surface area is 179 Å². The molecule has 0 spiro atoms. The Bertz CT molecular complexity index is 960. The zero-order valence-corrected chi connectivity index (χ0v) is 18.5. The highest BCUT2D eigenvalue weighted by atomic mass is 79.9. The predicted molar refractivity (Wildman–Crippen MR) is 112 cm³/mol. The second-order valence-electron chi connectivity index (χ2n) is 6.20. The number of hydrogen-bond acceptors (Lipinski definition) is 5. The highest BCUT2D eigenvalue weighted by Gasteiger charge is 2.30. The molecule has 28 heavy (non-hydrogen) atoms. The molecule has 0 saturated heterocycles. The minimum atomic E-state index is -0.480. The van der Waals surface area contributed by atoms with Crippen LogP contribution in [0.25, 0.3) is 0 Å². The molecule has 2 heterocycles. The Balaban J connectivity index is 1.98. The lowest BCUT2D eigenvalue weighted by atomic mass is 10.0. The van der Waals surface area contributed by atoms with Gasteiger partial charge in [-0.1, -0.05) is 27.5 Å². The van der Waals surface area contributed by atoms with Crippen molar-refractivity contribution in [3.8, 4) is 0 Å². The van der Waals surface area contributed by atoms with Gasteiger partial charge in [0, 0.05) is 22.8 Å². The Morgan fingerprint density at radius 2 is 2.11 bits per heavy atom. The van der Waals surface area contributed by atoms with E-state index in [-0.39, 0.29) is 12.5 Å². The van der Waals surface area contributed by atoms with Crippen LogP contribution >= 0.6 is 38.9 Å². The van der Waals surface area contributed by atoms with Gasteiger partial charge in [-0.3, -0.25) is 9.59 Å². The fraction of sp³-hybridized carbons (Fsp3) is 0.316. The van der Waals surface area contributed by atoms with Crippen LogP contribution in [0, 0.1) is 0 Å². The van der Waals surface area contributed by atoms with Crippen molar-refractivity contribution < 1.29 is 19.1 Å². The Kier molecular flexibility index (Phi) is 6.42. The molecule has 148 valence electrons. The summed E-state index contributed by atoms with van der Waals surface area (Å²) in [5.74, 6) is -0.922. The molecule has 1 N–H and O–H groups in total. The average molecular weight is 486 g/mol. The van der Waals surface area contributed by atoms with Crippen LogP contribution < -0.4 is 5.32 Å². The smallest absolute Gasteiger partial charge is 0.341 e. The highest BCUT2D eigenvalue weighted by molar-refractivity contribution is 9.10. The molecule has 6 nitrogen and oxygen atoms in total. The van der Waals surface area contributed by atoms with Crippen molar-refractivity contribution in [2.75, 3.05) is 18.5 Å². The molecular formula is C19H18BrClN2O4S. The molecule has 2 amide bonds. The van der Waals surface area contributed by atoms with Gasteiger partial charge in [0.25, 0.3) is 5.91 Å². The maximum atomic E-state index is 12.8. The second-order valence-corrected chi connectivity index (χ2v) is 8.63. The molecule has 1 aliphatic rings. The SMILES string of the molecule is CCOC(=O)c1c(NC(=O)c2cc(Br)ccc2Cl)sc2c1CCN(C(C)=O)C2. The van der Waals surface area contributed by atoms with Crippen LogP contribution in [-0.4, -0.2) is 35.8 Å². The number of thiophene rings is 1. The van der Waals surface area contributed by atoms with E-state index in [1.165, 1.54) is 18.3 Å². The Morgan fingerprint density at radius 1 is 1.36 bits per heavy atom. The van der Waals surface area contributed by atoms with Gasteiger partial charge < -0.3 is 15.0 Å². The van der Waals surface area contributed by atoms with Gasteiger partial charge in [0.15, 0.2) is 0 Å². The Morgan fingerprint density at radius 3 is 2.79 bits per heavy atom. The van der Waals surface area contributed by atoms with Crippen LogP contribution in [0.2, 0.25) is 5.02 Å². The molecule has 0 atom stereocenters. The van der Waals surface area contributed by atoms with Gasteiger partial charge in [0.2, 0.25) is 5.91 Å². The number of nitrogens with one attached hydrogen (secondary N) is 1. The van der Waals surface area contributed by atoms with Crippen molar-refractivity contribution in [3.05, 3.63) is 49.3 Å². The fourth-order valence-corrected chi connectivity index (χ4v) is 4.83. The lowest BCUT2D eigenvalue weighted by Crippen LogP contribution is -2.34. The fourth-order valence-electron chi connectivity index (χ4n) is 3.02. The lowest BCUT2D eigenvalue weighted by molar-refractivity contribution is -0.129. The molecule has 2 aromatic rings. The molecule has 0 saturated carbocycles. The number of carbonyl (C=O) groups excluding carboxylic acids is 3. The third-order valence-corrected chi connectivity index (χ3v) is 6.34. The van der Waals surface area contributed by atoms with E-state index in [1.54, 1.807) is 30.0 Å². The van der Waals surface area contributed by atoms with Crippen molar-refractivity contribution in [2.24, 2.45) is 0 Å². The first-order chi connectivity index (χ1) is 13.3. The van der Waals surface area contributed by atoms with Gasteiger partial charge in [0.1, 0.15) is 5.00 Å². The van der Waals surface area contributed by atoms with E-state index in [9.17, 15) is 14.4 Å². The first-order valence-electron chi connectivity index (χ1n) is 8.65. The number of carbonyl (C=O) groups is 3. The number of nitrogens with zero attached hydrogens (tertiary/aromatic N) is 1. The molecule has 0 radical (unpaired) electrons. The van der Waals surface area contributed by atoms with Gasteiger partial charge in [0.05, 0.1) is 29.3 Å². The molecule has 1 aromatic heterocycles. The van der Waals surface area contributed by atoms with Gasteiger partial charge in [-0.25, -0.2) is 4.79 Å². The van der Waals surface area contributed by atoms with E-state index in [0.717, 1.165) is 14.9 Å². The average Bonchev–Trinajstić information content (AvgIpc) is 3.00. The van der Waals surface area contributed by atoms with Crippen LogP contribution in [0.15, 0.2) is 22.7 Å². The predicted octanol–water partition coefficient (Wildman–Crippen LogP) is 4.50. The summed E-state index contributed by atoms with van der Waals surface area (Å²) in [5.41, 5.74) is 1.49. The summed E-state index contributed by atoms with van der Waals surface area (Å²) in [6, 6.07) is 4.98. The lowest BCUT2D eigenvalue weighted by Gasteiger charge is -2.25. The van der Waals surface area contributed by atoms with Crippen molar-refractivity contribution in [1.82, 2.24) is 4.90 Å². The molecule has 9 heteroatoms. The summed E-state index contributed by atoms with van der Waals surface area (Å²) in [4.78, 5) is 39.7. The Hall–Kier alpha value is -1.90. The van der Waals surface area contributed by atoms with E-state index >= 15 is 0 Å². The van der Waals surface area contributed by atoms with Gasteiger partial charge in [-0.2, -0.15) is 0 Å². The maximum Gasteiger partial charge on any atom is 0.341 e. The summed E-state index contributed by atoms with van der Waals surface area (Å²) >= 11 is 10.8. The third-order valence-electron chi connectivity index (χ3n) is 4.38. The number of rotatable bonds is 4. The summed E-state index contributed by atoms with van der Waals surface area (Å²) in [6.07, 6.45) is 0.535. The summed E-state index contributed by atoms with van der Waals surface area (Å²) in [5, 5.41) is 3.53. The zero-order valence-electron chi connectivity index (χ0n) is 15.3. The quantitative estimate of drug-likeness (QED) is 0.647. The maximum absolute atomic E-state index is 12.8. The zero-order chi connectivity index (χ0) is 20.4. The summed E-state index contributed by atoms with van der Waals surface area (Å²) < 4.78 is 5.92. The number of ether oxygens (including phenoxy) is 1. The van der Waals surface area contributed by atoms with Gasteiger partial charge >= 0.3 is 5.97 Å². The van der Waals surface area contributed by atoms with Gasteiger partial charge in [-0.15, -0.1) is 11.3 Å². The van der Waals surface area contributed by atoms with Crippen molar-refractivity contribution in [1.29, 1.82) is 0 Å². The topological polar surface area (TPSA) is 75.7 Å². The normalized spacial score (nSPS) is 13.1. The number of anilines is 1. The molecule has 1 aliphatic heterocycles. The minimum Gasteiger partial charge on any atom is -0.462 e. The molecule has 0 aliphatic carbocycles.